The number of halogens is 1. The molecule has 1 fully saturated rings. The van der Waals surface area contributed by atoms with Crippen molar-refractivity contribution in [2.24, 2.45) is 0 Å². The quantitative estimate of drug-likeness (QED) is 0.934. The molecule has 1 heterocycles. The molecular weight excluding hydrogens is 320 g/mol. The first-order valence-corrected chi connectivity index (χ1v) is 8.71. The lowest BCUT2D eigenvalue weighted by Gasteiger charge is -2.31. The summed E-state index contributed by atoms with van der Waals surface area (Å²) in [4.78, 5) is 0.393. The van der Waals surface area contributed by atoms with Gasteiger partial charge in [0, 0.05) is 19.1 Å². The second-order valence-electron chi connectivity index (χ2n) is 5.48. The van der Waals surface area contributed by atoms with E-state index in [2.05, 4.69) is 5.32 Å². The molecule has 4 nitrogen and oxygen atoms in total. The number of benzene rings is 2. The molecule has 0 spiro atoms. The van der Waals surface area contributed by atoms with Crippen LogP contribution >= 0.6 is 12.4 Å². The summed E-state index contributed by atoms with van der Waals surface area (Å²) in [6.45, 7) is 1.17. The molecule has 2 aromatic rings. The molecule has 1 saturated heterocycles. The van der Waals surface area contributed by atoms with Crippen LogP contribution in [0.25, 0.3) is 10.8 Å². The Morgan fingerprint density at radius 2 is 1.68 bits per heavy atom. The summed E-state index contributed by atoms with van der Waals surface area (Å²) in [6, 6.07) is 13.6. The van der Waals surface area contributed by atoms with E-state index in [-0.39, 0.29) is 12.4 Å². The molecule has 0 amide bonds. The van der Waals surface area contributed by atoms with Crippen LogP contribution in [0.3, 0.4) is 0 Å². The Labute approximate surface area is 138 Å². The van der Waals surface area contributed by atoms with E-state index >= 15 is 0 Å². The SMILES string of the molecule is CNC1CCN(S(=O)(=O)c2ccc3ccccc3c2)CC1.Cl. The highest BCUT2D eigenvalue weighted by atomic mass is 35.5. The van der Waals surface area contributed by atoms with Gasteiger partial charge in [-0.2, -0.15) is 4.31 Å². The number of nitrogens with one attached hydrogen (secondary N) is 1. The highest BCUT2D eigenvalue weighted by Crippen LogP contribution is 2.24. The van der Waals surface area contributed by atoms with Gasteiger partial charge in [-0.15, -0.1) is 12.4 Å². The van der Waals surface area contributed by atoms with E-state index in [4.69, 9.17) is 0 Å². The lowest BCUT2D eigenvalue weighted by atomic mass is 10.1. The van der Waals surface area contributed by atoms with Crippen molar-refractivity contribution in [3.05, 3.63) is 42.5 Å². The minimum Gasteiger partial charge on any atom is -0.317 e. The number of fused-ring (bicyclic) bond motifs is 1. The zero-order valence-corrected chi connectivity index (χ0v) is 14.2. The molecule has 1 aliphatic rings. The third-order valence-corrected chi connectivity index (χ3v) is 6.12. The zero-order chi connectivity index (χ0) is 14.9. The van der Waals surface area contributed by atoms with Gasteiger partial charge in [0.1, 0.15) is 0 Å². The molecule has 6 heteroatoms. The number of rotatable bonds is 3. The van der Waals surface area contributed by atoms with Crippen molar-refractivity contribution >= 4 is 33.2 Å². The summed E-state index contributed by atoms with van der Waals surface area (Å²) in [6.07, 6.45) is 1.73. The van der Waals surface area contributed by atoms with Crippen LogP contribution in [0, 0.1) is 0 Å². The average Bonchev–Trinajstić information content (AvgIpc) is 2.54. The largest absolute Gasteiger partial charge is 0.317 e. The van der Waals surface area contributed by atoms with Crippen molar-refractivity contribution in [3.8, 4) is 0 Å². The lowest BCUT2D eigenvalue weighted by molar-refractivity contribution is 0.298. The predicted molar refractivity (Wildman–Crippen MR) is 92.0 cm³/mol. The Morgan fingerprint density at radius 3 is 2.32 bits per heavy atom. The fourth-order valence-electron chi connectivity index (χ4n) is 2.86. The van der Waals surface area contributed by atoms with E-state index in [0.717, 1.165) is 23.6 Å². The van der Waals surface area contributed by atoms with Gasteiger partial charge in [0.15, 0.2) is 0 Å². The van der Waals surface area contributed by atoms with Crippen molar-refractivity contribution in [2.45, 2.75) is 23.8 Å². The maximum atomic E-state index is 12.7. The molecule has 1 N–H and O–H groups in total. The van der Waals surface area contributed by atoms with E-state index in [9.17, 15) is 8.42 Å². The summed E-state index contributed by atoms with van der Waals surface area (Å²) < 4.78 is 27.1. The van der Waals surface area contributed by atoms with E-state index in [1.807, 2.05) is 37.4 Å². The van der Waals surface area contributed by atoms with Gasteiger partial charge in [-0.05, 0) is 42.8 Å². The molecule has 0 bridgehead atoms. The molecule has 0 saturated carbocycles. The number of sulfonamides is 1. The highest BCUT2D eigenvalue weighted by molar-refractivity contribution is 7.89. The summed E-state index contributed by atoms with van der Waals surface area (Å²) in [5.41, 5.74) is 0. The van der Waals surface area contributed by atoms with Crippen LogP contribution in [0.1, 0.15) is 12.8 Å². The van der Waals surface area contributed by atoms with E-state index in [1.54, 1.807) is 16.4 Å². The highest BCUT2D eigenvalue weighted by Gasteiger charge is 2.28. The fourth-order valence-corrected chi connectivity index (χ4v) is 4.37. The first-order valence-electron chi connectivity index (χ1n) is 7.27. The summed E-state index contributed by atoms with van der Waals surface area (Å²) >= 11 is 0. The van der Waals surface area contributed by atoms with Crippen molar-refractivity contribution < 1.29 is 8.42 Å². The fraction of sp³-hybridized carbons (Fsp3) is 0.375. The number of hydrogen-bond acceptors (Lipinski definition) is 3. The molecule has 3 rings (SSSR count). The van der Waals surface area contributed by atoms with Crippen LogP contribution < -0.4 is 5.32 Å². The van der Waals surface area contributed by atoms with Crippen molar-refractivity contribution in [1.82, 2.24) is 9.62 Å². The Kier molecular flexibility index (Phi) is 5.45. The molecule has 0 atom stereocenters. The molecule has 0 unspecified atom stereocenters. The van der Waals surface area contributed by atoms with Gasteiger partial charge in [0.05, 0.1) is 4.90 Å². The predicted octanol–water partition coefficient (Wildman–Crippen LogP) is 2.63. The number of nitrogens with zero attached hydrogens (tertiary/aromatic N) is 1. The first-order chi connectivity index (χ1) is 10.1. The number of piperidine rings is 1. The van der Waals surface area contributed by atoms with Crippen LogP contribution in [-0.4, -0.2) is 38.9 Å². The Balaban J connectivity index is 0.00000176. The standard InChI is InChI=1S/C16H20N2O2S.ClH/c1-17-15-8-10-18(11-9-15)21(19,20)16-7-6-13-4-2-3-5-14(13)12-16;/h2-7,12,15,17H,8-11H2,1H3;1H. The second-order valence-corrected chi connectivity index (χ2v) is 7.41. The third kappa shape index (κ3) is 3.27. The van der Waals surface area contributed by atoms with E-state index in [0.29, 0.717) is 24.0 Å². The van der Waals surface area contributed by atoms with Gasteiger partial charge in [-0.1, -0.05) is 30.3 Å². The van der Waals surface area contributed by atoms with Gasteiger partial charge >= 0.3 is 0 Å². The van der Waals surface area contributed by atoms with Crippen molar-refractivity contribution in [2.75, 3.05) is 20.1 Å². The minimum absolute atomic E-state index is 0. The molecule has 0 aliphatic carbocycles. The van der Waals surface area contributed by atoms with Crippen LogP contribution in [0.4, 0.5) is 0 Å². The third-order valence-electron chi connectivity index (χ3n) is 4.22. The monoisotopic (exact) mass is 340 g/mol. The zero-order valence-electron chi connectivity index (χ0n) is 12.5. The second kappa shape index (κ2) is 6.96. The summed E-state index contributed by atoms with van der Waals surface area (Å²) in [7, 11) is -1.45. The summed E-state index contributed by atoms with van der Waals surface area (Å²) in [5, 5.41) is 5.24. The van der Waals surface area contributed by atoms with E-state index < -0.39 is 10.0 Å². The molecule has 1 aliphatic heterocycles. The molecule has 0 radical (unpaired) electrons. The topological polar surface area (TPSA) is 49.4 Å². The Hall–Kier alpha value is -1.14. The van der Waals surface area contributed by atoms with Gasteiger partial charge in [-0.25, -0.2) is 8.42 Å². The van der Waals surface area contributed by atoms with Gasteiger partial charge in [0.2, 0.25) is 10.0 Å². The average molecular weight is 341 g/mol. The molecule has 120 valence electrons. The molecule has 0 aromatic heterocycles. The number of hydrogen-bond donors (Lipinski definition) is 1. The first kappa shape index (κ1) is 17.2. The van der Waals surface area contributed by atoms with E-state index in [1.165, 1.54) is 0 Å². The lowest BCUT2D eigenvalue weighted by Crippen LogP contribution is -2.43. The van der Waals surface area contributed by atoms with Gasteiger partial charge in [-0.3, -0.25) is 0 Å². The van der Waals surface area contributed by atoms with Crippen LogP contribution in [-0.2, 0) is 10.0 Å². The molecule has 22 heavy (non-hydrogen) atoms. The normalized spacial score (nSPS) is 17.3. The van der Waals surface area contributed by atoms with Crippen molar-refractivity contribution in [3.63, 3.8) is 0 Å². The smallest absolute Gasteiger partial charge is 0.243 e. The maximum absolute atomic E-state index is 12.7. The Bertz CT molecular complexity index is 741. The summed E-state index contributed by atoms with van der Waals surface area (Å²) in [5.74, 6) is 0. The maximum Gasteiger partial charge on any atom is 0.243 e. The molecular formula is C16H21ClN2O2S. The molecule has 2 aromatic carbocycles. The van der Waals surface area contributed by atoms with Gasteiger partial charge < -0.3 is 5.32 Å². The van der Waals surface area contributed by atoms with Crippen LogP contribution in [0.2, 0.25) is 0 Å². The van der Waals surface area contributed by atoms with Crippen LogP contribution in [0.15, 0.2) is 47.4 Å². The minimum atomic E-state index is -3.38. The van der Waals surface area contributed by atoms with Crippen LogP contribution in [0.5, 0.6) is 0 Å². The Morgan fingerprint density at radius 1 is 1.05 bits per heavy atom. The van der Waals surface area contributed by atoms with Crippen molar-refractivity contribution in [1.29, 1.82) is 0 Å². The van der Waals surface area contributed by atoms with Gasteiger partial charge in [0.25, 0.3) is 0 Å².